The molecule has 0 saturated heterocycles. The average Bonchev–Trinajstić information content (AvgIpc) is 2.77. The van der Waals surface area contributed by atoms with Crippen LogP contribution in [0.1, 0.15) is 18.1 Å². The number of hydrogen-bond acceptors (Lipinski definition) is 7. The first-order chi connectivity index (χ1) is 14.8. The van der Waals surface area contributed by atoms with E-state index in [1.165, 1.54) is 28.3 Å². The minimum absolute atomic E-state index is 0.207. The van der Waals surface area contributed by atoms with Gasteiger partial charge in [0.25, 0.3) is 5.91 Å². The van der Waals surface area contributed by atoms with Gasteiger partial charge in [-0.25, -0.2) is 0 Å². The van der Waals surface area contributed by atoms with Gasteiger partial charge in [-0.1, -0.05) is 6.07 Å². The van der Waals surface area contributed by atoms with Crippen LogP contribution >= 0.6 is 0 Å². The molecule has 31 heavy (non-hydrogen) atoms. The number of carbonyl (C=O) groups is 1. The smallest absolute Gasteiger partial charge is 0.253 e. The zero-order valence-electron chi connectivity index (χ0n) is 18.1. The van der Waals surface area contributed by atoms with Gasteiger partial charge in [0.1, 0.15) is 40.3 Å². The first-order valence-corrected chi connectivity index (χ1v) is 10.7. The first-order valence-electron chi connectivity index (χ1n) is 9.34. The van der Waals surface area contributed by atoms with Crippen molar-refractivity contribution in [3.05, 3.63) is 46.9 Å². The van der Waals surface area contributed by atoms with Gasteiger partial charge in [0.05, 0.1) is 39.7 Å². The maximum atomic E-state index is 12.7. The molecule has 0 aliphatic heterocycles. The van der Waals surface area contributed by atoms with Crippen molar-refractivity contribution in [2.24, 2.45) is 0 Å². The molecule has 168 valence electrons. The Morgan fingerprint density at radius 2 is 1.68 bits per heavy atom. The van der Waals surface area contributed by atoms with E-state index in [-0.39, 0.29) is 5.75 Å². The molecule has 0 saturated carbocycles. The van der Waals surface area contributed by atoms with E-state index in [1.807, 2.05) is 0 Å². The predicted octanol–water partition coefficient (Wildman–Crippen LogP) is 2.96. The lowest BCUT2D eigenvalue weighted by Gasteiger charge is -2.14. The van der Waals surface area contributed by atoms with Crippen LogP contribution in [0.25, 0.3) is 6.08 Å². The summed E-state index contributed by atoms with van der Waals surface area (Å²) in [5.74, 6) is 1.71. The molecule has 0 aliphatic carbocycles. The highest BCUT2D eigenvalue weighted by Crippen LogP contribution is 2.35. The van der Waals surface area contributed by atoms with E-state index in [0.717, 1.165) is 5.56 Å². The number of anilines is 1. The Bertz CT molecular complexity index is 905. The van der Waals surface area contributed by atoms with Gasteiger partial charge in [-0.3, -0.25) is 4.79 Å². The lowest BCUT2D eigenvalue weighted by molar-refractivity contribution is -0.123. The number of carbonyl (C=O) groups excluding carboxylic acids is 1. The van der Waals surface area contributed by atoms with Gasteiger partial charge in [-0.2, -0.15) is 0 Å². The van der Waals surface area contributed by atoms with Crippen molar-refractivity contribution in [1.29, 1.82) is 0 Å². The van der Waals surface area contributed by atoms with Gasteiger partial charge in [0, 0.05) is 23.8 Å². The monoisotopic (exact) mass is 449 g/mol. The van der Waals surface area contributed by atoms with Crippen molar-refractivity contribution in [3.63, 3.8) is 0 Å². The maximum Gasteiger partial charge on any atom is 0.253 e. The number of methoxy groups -OCH3 is 4. The van der Waals surface area contributed by atoms with E-state index >= 15 is 0 Å². The summed E-state index contributed by atoms with van der Waals surface area (Å²) in [5.41, 5.74) is 1.75. The zero-order chi connectivity index (χ0) is 23.0. The zero-order valence-corrected chi connectivity index (χ0v) is 18.9. The van der Waals surface area contributed by atoms with Crippen molar-refractivity contribution < 1.29 is 33.4 Å². The molecule has 0 aliphatic rings. The summed E-state index contributed by atoms with van der Waals surface area (Å²) in [7, 11) is 6.08. The second kappa shape index (κ2) is 11.5. The standard InChI is InChI=1S/C22H27NO7S/c1-14(24)22(25)23-18-10-15(6-7-19(18)28-3)13-31(26)9-8-17-20(29-4)11-16(27-2)12-21(17)30-5/h6-12,14,24H,13H2,1-5H3,(H,23,25). The number of benzene rings is 2. The topological polar surface area (TPSA) is 109 Å². The Balaban J connectivity index is 2.22. The highest BCUT2D eigenvalue weighted by atomic mass is 32.2. The fourth-order valence-corrected chi connectivity index (χ4v) is 3.63. The van der Waals surface area contributed by atoms with Crippen LogP contribution in [-0.4, -0.2) is 50.1 Å². The van der Waals surface area contributed by atoms with Crippen molar-refractivity contribution in [2.45, 2.75) is 18.8 Å². The molecular weight excluding hydrogens is 422 g/mol. The molecule has 8 nitrogen and oxygen atoms in total. The van der Waals surface area contributed by atoms with Gasteiger partial charge >= 0.3 is 0 Å². The largest absolute Gasteiger partial charge is 0.612 e. The fourth-order valence-electron chi connectivity index (χ4n) is 2.73. The molecule has 0 radical (unpaired) electrons. The summed E-state index contributed by atoms with van der Waals surface area (Å²) in [4.78, 5) is 11.8. The van der Waals surface area contributed by atoms with Crippen LogP contribution in [0.5, 0.6) is 23.0 Å². The lowest BCUT2D eigenvalue weighted by Crippen LogP contribution is -2.24. The Labute approximate surface area is 185 Å². The summed E-state index contributed by atoms with van der Waals surface area (Å²) >= 11 is -1.36. The summed E-state index contributed by atoms with van der Waals surface area (Å²) in [6.07, 6.45) is 0.507. The summed E-state index contributed by atoms with van der Waals surface area (Å²) in [5, 5.41) is 13.6. The third kappa shape index (κ3) is 6.55. The van der Waals surface area contributed by atoms with Crippen LogP contribution in [0, 0.1) is 0 Å². The minimum atomic E-state index is -1.36. The molecule has 1 amide bonds. The number of aliphatic hydroxyl groups is 1. The van der Waals surface area contributed by atoms with Gasteiger partial charge in [-0.05, 0) is 30.2 Å². The van der Waals surface area contributed by atoms with Gasteiger partial charge in [-0.15, -0.1) is 0 Å². The second-order valence-corrected chi connectivity index (χ2v) is 7.80. The van der Waals surface area contributed by atoms with E-state index in [0.29, 0.717) is 34.2 Å². The van der Waals surface area contributed by atoms with Crippen molar-refractivity contribution in [3.8, 4) is 23.0 Å². The van der Waals surface area contributed by atoms with Crippen molar-refractivity contribution in [2.75, 3.05) is 33.8 Å². The van der Waals surface area contributed by atoms with Crippen LogP contribution < -0.4 is 24.3 Å². The van der Waals surface area contributed by atoms with Gasteiger partial charge < -0.3 is 33.9 Å². The third-order valence-corrected chi connectivity index (χ3v) is 5.41. The molecule has 2 unspecified atom stereocenters. The Morgan fingerprint density at radius 3 is 2.19 bits per heavy atom. The normalized spacial score (nSPS) is 12.9. The predicted molar refractivity (Wildman–Crippen MR) is 120 cm³/mol. The average molecular weight is 450 g/mol. The Morgan fingerprint density at radius 1 is 1.06 bits per heavy atom. The SMILES string of the molecule is COc1cc(OC)c(C=C[S+]([O-])Cc2ccc(OC)c(NC(=O)C(C)O)c2)c(OC)c1. The lowest BCUT2D eigenvalue weighted by atomic mass is 10.1. The molecule has 2 N–H and O–H groups in total. The number of rotatable bonds is 10. The van der Waals surface area contributed by atoms with Crippen LogP contribution in [0.4, 0.5) is 5.69 Å². The molecule has 0 aromatic heterocycles. The number of hydrogen-bond donors (Lipinski definition) is 2. The highest BCUT2D eigenvalue weighted by Gasteiger charge is 2.15. The molecule has 2 rings (SSSR count). The summed E-state index contributed by atoms with van der Waals surface area (Å²) < 4.78 is 33.9. The van der Waals surface area contributed by atoms with Crippen molar-refractivity contribution in [1.82, 2.24) is 0 Å². The number of aliphatic hydroxyl groups excluding tert-OH is 1. The number of nitrogens with one attached hydrogen (secondary N) is 1. The first kappa shape index (κ1) is 24.4. The maximum absolute atomic E-state index is 12.7. The molecule has 0 fully saturated rings. The highest BCUT2D eigenvalue weighted by molar-refractivity contribution is 7.93. The number of amides is 1. The molecule has 2 aromatic carbocycles. The van der Waals surface area contributed by atoms with Gasteiger partial charge in [0.2, 0.25) is 0 Å². The molecular formula is C22H27NO7S. The van der Waals surface area contributed by atoms with Gasteiger partial charge in [0.15, 0.2) is 0 Å². The summed E-state index contributed by atoms with van der Waals surface area (Å²) in [6, 6.07) is 8.53. The molecule has 0 spiro atoms. The molecule has 2 atom stereocenters. The third-order valence-electron chi connectivity index (χ3n) is 4.35. The van der Waals surface area contributed by atoms with E-state index in [9.17, 15) is 14.5 Å². The van der Waals surface area contributed by atoms with Crippen molar-refractivity contribution >= 4 is 28.8 Å². The quantitative estimate of drug-likeness (QED) is 0.537. The van der Waals surface area contributed by atoms with Crippen LogP contribution in [0.15, 0.2) is 35.7 Å². The van der Waals surface area contributed by atoms with Crippen LogP contribution in [-0.2, 0) is 21.7 Å². The van der Waals surface area contributed by atoms with E-state index in [1.54, 1.807) is 48.9 Å². The Kier molecular flexibility index (Phi) is 9.04. The van der Waals surface area contributed by atoms with Crippen LogP contribution in [0.2, 0.25) is 0 Å². The van der Waals surface area contributed by atoms with E-state index in [2.05, 4.69) is 5.32 Å². The molecule has 0 heterocycles. The van der Waals surface area contributed by atoms with Crippen LogP contribution in [0.3, 0.4) is 0 Å². The number of ether oxygens (including phenoxy) is 4. The summed E-state index contributed by atoms with van der Waals surface area (Å²) in [6.45, 7) is 1.37. The fraction of sp³-hybridized carbons (Fsp3) is 0.318. The van der Waals surface area contributed by atoms with E-state index < -0.39 is 23.2 Å². The molecule has 0 bridgehead atoms. The minimum Gasteiger partial charge on any atom is -0.612 e. The molecule has 2 aromatic rings. The molecule has 9 heteroatoms. The second-order valence-electron chi connectivity index (χ2n) is 6.47. The Hall–Kier alpha value is -2.88. The van der Waals surface area contributed by atoms with E-state index in [4.69, 9.17) is 18.9 Å².